The fourth-order valence-corrected chi connectivity index (χ4v) is 2.74. The molecule has 1 fully saturated rings. The molecule has 0 radical (unpaired) electrons. The number of hydrogen-bond acceptors (Lipinski definition) is 4. The molecule has 1 saturated heterocycles. The number of halogens is 2. The summed E-state index contributed by atoms with van der Waals surface area (Å²) in [7, 11) is 0. The van der Waals surface area contributed by atoms with Gasteiger partial charge in [0.15, 0.2) is 5.76 Å². The van der Waals surface area contributed by atoms with Gasteiger partial charge in [-0.2, -0.15) is 0 Å². The van der Waals surface area contributed by atoms with Crippen molar-refractivity contribution >= 4 is 18.3 Å². The average Bonchev–Trinajstić information content (AvgIpc) is 3.05. The molecule has 1 amide bonds. The molecule has 0 aliphatic carbocycles. The molecule has 1 aromatic carbocycles. The van der Waals surface area contributed by atoms with E-state index in [0.29, 0.717) is 23.8 Å². The highest BCUT2D eigenvalue weighted by Crippen LogP contribution is 2.18. The van der Waals surface area contributed by atoms with Crippen molar-refractivity contribution in [3.63, 3.8) is 0 Å². The van der Waals surface area contributed by atoms with Crippen LogP contribution >= 0.6 is 12.4 Å². The predicted molar refractivity (Wildman–Crippen MR) is 94.7 cm³/mol. The van der Waals surface area contributed by atoms with E-state index in [1.54, 1.807) is 24.3 Å². The normalized spacial score (nSPS) is 20.0. The van der Waals surface area contributed by atoms with Gasteiger partial charge in [0.2, 0.25) is 0 Å². The predicted octanol–water partition coefficient (Wildman–Crippen LogP) is 3.24. The Bertz CT molecular complexity index is 705. The maximum absolute atomic E-state index is 12.9. The molecule has 2 atom stereocenters. The van der Waals surface area contributed by atoms with Gasteiger partial charge < -0.3 is 19.4 Å². The largest absolute Gasteiger partial charge is 0.486 e. The number of carbonyl (C=O) groups excluding carboxylic acids is 1. The zero-order valence-corrected chi connectivity index (χ0v) is 15.0. The lowest BCUT2D eigenvalue weighted by molar-refractivity contribution is 0.0567. The van der Waals surface area contributed by atoms with Crippen molar-refractivity contribution in [2.45, 2.75) is 32.5 Å². The Labute approximate surface area is 152 Å². The molecule has 2 aromatic rings. The summed E-state index contributed by atoms with van der Waals surface area (Å²) in [6.45, 7) is 5.71. The van der Waals surface area contributed by atoms with Crippen LogP contribution in [0.5, 0.6) is 5.75 Å². The molecule has 1 aliphatic heterocycles. The highest BCUT2D eigenvalue weighted by Gasteiger charge is 2.30. The summed E-state index contributed by atoms with van der Waals surface area (Å²) in [5.41, 5.74) is 0. The van der Waals surface area contributed by atoms with Crippen LogP contribution in [0.3, 0.4) is 0 Å². The van der Waals surface area contributed by atoms with Crippen molar-refractivity contribution in [3.8, 4) is 5.75 Å². The SMILES string of the molecule is CC1NCCN(C(=O)c2ccc(COc3ccc(F)cc3)o2)C1C.Cl. The Hall–Kier alpha value is -2.05. The van der Waals surface area contributed by atoms with Gasteiger partial charge in [0.1, 0.15) is 23.9 Å². The number of ether oxygens (including phenoxy) is 1. The van der Waals surface area contributed by atoms with Crippen LogP contribution < -0.4 is 10.1 Å². The number of nitrogens with one attached hydrogen (secondary N) is 1. The lowest BCUT2D eigenvalue weighted by atomic mass is 10.1. The number of furan rings is 1. The van der Waals surface area contributed by atoms with E-state index >= 15 is 0 Å². The minimum atomic E-state index is -0.312. The summed E-state index contributed by atoms with van der Waals surface area (Å²) in [6.07, 6.45) is 0. The molecule has 2 heterocycles. The number of rotatable bonds is 4. The van der Waals surface area contributed by atoms with E-state index in [2.05, 4.69) is 12.2 Å². The molecular weight excluding hydrogens is 347 g/mol. The van der Waals surface area contributed by atoms with Crippen molar-refractivity contribution < 1.29 is 18.3 Å². The molecule has 3 rings (SSSR count). The van der Waals surface area contributed by atoms with Gasteiger partial charge in [-0.25, -0.2) is 4.39 Å². The van der Waals surface area contributed by atoms with Gasteiger partial charge in [-0.1, -0.05) is 0 Å². The number of piperazine rings is 1. The van der Waals surface area contributed by atoms with E-state index in [1.165, 1.54) is 12.1 Å². The third kappa shape index (κ3) is 4.52. The molecule has 5 nitrogen and oxygen atoms in total. The van der Waals surface area contributed by atoms with E-state index < -0.39 is 0 Å². The highest BCUT2D eigenvalue weighted by molar-refractivity contribution is 5.91. The molecule has 0 spiro atoms. The Morgan fingerprint density at radius 2 is 2.00 bits per heavy atom. The zero-order valence-electron chi connectivity index (χ0n) is 14.2. The van der Waals surface area contributed by atoms with Crippen LogP contribution in [0.25, 0.3) is 0 Å². The maximum atomic E-state index is 12.9. The zero-order chi connectivity index (χ0) is 17.1. The lowest BCUT2D eigenvalue weighted by Crippen LogP contribution is -2.57. The second-order valence-electron chi connectivity index (χ2n) is 5.99. The van der Waals surface area contributed by atoms with E-state index in [1.807, 2.05) is 11.8 Å². The van der Waals surface area contributed by atoms with Crippen LogP contribution in [0.15, 0.2) is 40.8 Å². The molecule has 2 unspecified atom stereocenters. The van der Waals surface area contributed by atoms with E-state index in [-0.39, 0.29) is 42.8 Å². The molecule has 136 valence electrons. The van der Waals surface area contributed by atoms with Crippen molar-refractivity contribution in [3.05, 3.63) is 53.7 Å². The van der Waals surface area contributed by atoms with E-state index in [4.69, 9.17) is 9.15 Å². The molecule has 1 N–H and O–H groups in total. The molecule has 7 heteroatoms. The van der Waals surface area contributed by atoms with Crippen LogP contribution in [0.4, 0.5) is 4.39 Å². The van der Waals surface area contributed by atoms with Crippen molar-refractivity contribution in [1.29, 1.82) is 0 Å². The first-order valence-electron chi connectivity index (χ1n) is 8.06. The second-order valence-corrected chi connectivity index (χ2v) is 5.99. The average molecular weight is 369 g/mol. The fraction of sp³-hybridized carbons (Fsp3) is 0.389. The summed E-state index contributed by atoms with van der Waals surface area (Å²) >= 11 is 0. The summed E-state index contributed by atoms with van der Waals surface area (Å²) in [6, 6.07) is 9.52. The molecular formula is C18H22ClFN2O3. The van der Waals surface area contributed by atoms with Crippen LogP contribution in [-0.2, 0) is 6.61 Å². The minimum Gasteiger partial charge on any atom is -0.486 e. The monoisotopic (exact) mass is 368 g/mol. The minimum absolute atomic E-state index is 0. The topological polar surface area (TPSA) is 54.7 Å². The Morgan fingerprint density at radius 3 is 2.72 bits per heavy atom. The summed E-state index contributed by atoms with van der Waals surface area (Å²) in [5.74, 6) is 0.994. The van der Waals surface area contributed by atoms with E-state index in [9.17, 15) is 9.18 Å². The first-order valence-corrected chi connectivity index (χ1v) is 8.06. The molecule has 25 heavy (non-hydrogen) atoms. The Kier molecular flexibility index (Phi) is 6.45. The second kappa shape index (κ2) is 8.36. The van der Waals surface area contributed by atoms with Crippen molar-refractivity contribution in [1.82, 2.24) is 10.2 Å². The third-order valence-electron chi connectivity index (χ3n) is 4.36. The standard InChI is InChI=1S/C18H21FN2O3.ClH/c1-12-13(2)21(10-9-20-12)18(22)17-8-7-16(24-17)11-23-15-5-3-14(19)4-6-15;/h3-8,12-13,20H,9-11H2,1-2H3;1H. The Morgan fingerprint density at radius 1 is 1.28 bits per heavy atom. The fourth-order valence-electron chi connectivity index (χ4n) is 2.74. The number of amides is 1. The smallest absolute Gasteiger partial charge is 0.289 e. The molecule has 0 bridgehead atoms. The maximum Gasteiger partial charge on any atom is 0.289 e. The Balaban J connectivity index is 0.00000225. The number of benzene rings is 1. The van der Waals surface area contributed by atoms with Gasteiger partial charge in [-0.15, -0.1) is 12.4 Å². The van der Waals surface area contributed by atoms with Crippen LogP contribution in [0.1, 0.15) is 30.2 Å². The highest BCUT2D eigenvalue weighted by atomic mass is 35.5. The van der Waals surface area contributed by atoms with Crippen LogP contribution in [0, 0.1) is 5.82 Å². The van der Waals surface area contributed by atoms with Crippen LogP contribution in [-0.4, -0.2) is 36.0 Å². The summed E-state index contributed by atoms with van der Waals surface area (Å²) in [5, 5.41) is 3.34. The first-order chi connectivity index (χ1) is 11.5. The number of carbonyl (C=O) groups is 1. The quantitative estimate of drug-likeness (QED) is 0.900. The summed E-state index contributed by atoms with van der Waals surface area (Å²) < 4.78 is 24.0. The van der Waals surface area contributed by atoms with E-state index in [0.717, 1.165) is 6.54 Å². The summed E-state index contributed by atoms with van der Waals surface area (Å²) in [4.78, 5) is 14.4. The molecule has 1 aliphatic rings. The van der Waals surface area contributed by atoms with Gasteiger partial charge >= 0.3 is 0 Å². The number of nitrogens with zero attached hydrogens (tertiary/aromatic N) is 1. The van der Waals surface area contributed by atoms with Crippen LogP contribution in [0.2, 0.25) is 0 Å². The van der Waals surface area contributed by atoms with Gasteiger partial charge in [-0.3, -0.25) is 4.79 Å². The first kappa shape index (κ1) is 19.3. The van der Waals surface area contributed by atoms with Gasteiger partial charge in [-0.05, 0) is 50.2 Å². The van der Waals surface area contributed by atoms with Crippen molar-refractivity contribution in [2.75, 3.05) is 13.1 Å². The number of hydrogen-bond donors (Lipinski definition) is 1. The lowest BCUT2D eigenvalue weighted by Gasteiger charge is -2.38. The van der Waals surface area contributed by atoms with Gasteiger partial charge in [0.05, 0.1) is 0 Å². The third-order valence-corrected chi connectivity index (χ3v) is 4.36. The van der Waals surface area contributed by atoms with Gasteiger partial charge in [0, 0.05) is 25.2 Å². The molecule has 1 aromatic heterocycles. The van der Waals surface area contributed by atoms with Gasteiger partial charge in [0.25, 0.3) is 5.91 Å². The molecule has 0 saturated carbocycles. The van der Waals surface area contributed by atoms with Crippen molar-refractivity contribution in [2.24, 2.45) is 0 Å².